The van der Waals surface area contributed by atoms with Gasteiger partial charge in [0.1, 0.15) is 11.5 Å². The largest absolute Gasteiger partial charge is 0.484 e. The number of hydrogen-bond donors (Lipinski definition) is 1. The second-order valence-corrected chi connectivity index (χ2v) is 5.07. The Morgan fingerprint density at radius 2 is 2.10 bits per heavy atom. The lowest BCUT2D eigenvalue weighted by Gasteiger charge is -2.08. The first-order valence-electron chi connectivity index (χ1n) is 7.14. The Morgan fingerprint density at radius 3 is 2.81 bits per heavy atom. The number of amides is 1. The van der Waals surface area contributed by atoms with Crippen LogP contribution in [0.4, 0.5) is 0 Å². The summed E-state index contributed by atoms with van der Waals surface area (Å²) >= 11 is 0. The Balaban J connectivity index is 1.64. The van der Waals surface area contributed by atoms with E-state index in [0.717, 1.165) is 29.9 Å². The SMILES string of the molecule is Cc1ccc(OCC(=O)NCCCc2ccco2)cc1C. The lowest BCUT2D eigenvalue weighted by Crippen LogP contribution is -2.29. The molecule has 0 saturated heterocycles. The molecule has 1 N–H and O–H groups in total. The summed E-state index contributed by atoms with van der Waals surface area (Å²) in [5, 5.41) is 2.84. The molecule has 0 aliphatic rings. The molecule has 1 amide bonds. The highest BCUT2D eigenvalue weighted by Crippen LogP contribution is 2.16. The van der Waals surface area contributed by atoms with Crippen LogP contribution >= 0.6 is 0 Å². The minimum absolute atomic E-state index is 0.0449. The molecule has 0 spiro atoms. The van der Waals surface area contributed by atoms with E-state index >= 15 is 0 Å². The van der Waals surface area contributed by atoms with Crippen molar-refractivity contribution in [3.63, 3.8) is 0 Å². The first kappa shape index (κ1) is 15.2. The number of furan rings is 1. The maximum atomic E-state index is 11.7. The van der Waals surface area contributed by atoms with Crippen LogP contribution < -0.4 is 10.1 Å². The third-order valence-corrected chi connectivity index (χ3v) is 3.35. The molecule has 2 aromatic rings. The van der Waals surface area contributed by atoms with Crippen LogP contribution in [0, 0.1) is 13.8 Å². The van der Waals surface area contributed by atoms with Gasteiger partial charge in [-0.25, -0.2) is 0 Å². The average Bonchev–Trinajstić information content (AvgIpc) is 2.98. The van der Waals surface area contributed by atoms with Crippen LogP contribution in [0.3, 0.4) is 0 Å². The van der Waals surface area contributed by atoms with Crippen molar-refractivity contribution in [2.24, 2.45) is 0 Å². The molecule has 1 aromatic heterocycles. The van der Waals surface area contributed by atoms with E-state index < -0.39 is 0 Å². The van der Waals surface area contributed by atoms with Crippen LogP contribution in [0.25, 0.3) is 0 Å². The van der Waals surface area contributed by atoms with Crippen LogP contribution in [-0.4, -0.2) is 19.1 Å². The molecule has 2 rings (SSSR count). The van der Waals surface area contributed by atoms with Crippen molar-refractivity contribution in [2.75, 3.05) is 13.2 Å². The number of carbonyl (C=O) groups excluding carboxylic acids is 1. The minimum atomic E-state index is -0.104. The van der Waals surface area contributed by atoms with Crippen LogP contribution in [0.1, 0.15) is 23.3 Å². The quantitative estimate of drug-likeness (QED) is 0.796. The molecule has 112 valence electrons. The Kier molecular flexibility index (Phi) is 5.43. The highest BCUT2D eigenvalue weighted by Gasteiger charge is 2.03. The van der Waals surface area contributed by atoms with E-state index in [2.05, 4.69) is 5.32 Å². The van der Waals surface area contributed by atoms with E-state index in [0.29, 0.717) is 6.54 Å². The first-order valence-corrected chi connectivity index (χ1v) is 7.14. The molecule has 0 aliphatic carbocycles. The summed E-state index contributed by atoms with van der Waals surface area (Å²) in [7, 11) is 0. The monoisotopic (exact) mass is 287 g/mol. The lowest BCUT2D eigenvalue weighted by atomic mass is 10.1. The van der Waals surface area contributed by atoms with Crippen molar-refractivity contribution in [2.45, 2.75) is 26.7 Å². The predicted molar refractivity (Wildman–Crippen MR) is 81.4 cm³/mol. The Labute approximate surface area is 125 Å². The van der Waals surface area contributed by atoms with Gasteiger partial charge in [-0.2, -0.15) is 0 Å². The van der Waals surface area contributed by atoms with Gasteiger partial charge in [0.25, 0.3) is 5.91 Å². The smallest absolute Gasteiger partial charge is 0.257 e. The Bertz CT molecular complexity index is 576. The van der Waals surface area contributed by atoms with E-state index in [-0.39, 0.29) is 12.5 Å². The van der Waals surface area contributed by atoms with Gasteiger partial charge < -0.3 is 14.5 Å². The fourth-order valence-electron chi connectivity index (χ4n) is 1.95. The summed E-state index contributed by atoms with van der Waals surface area (Å²) in [6.07, 6.45) is 3.33. The molecular formula is C17H21NO3. The molecule has 4 heteroatoms. The molecule has 1 aromatic carbocycles. The van der Waals surface area contributed by atoms with Gasteiger partial charge in [-0.05, 0) is 55.7 Å². The van der Waals surface area contributed by atoms with E-state index in [1.165, 1.54) is 5.56 Å². The minimum Gasteiger partial charge on any atom is -0.484 e. The fourth-order valence-corrected chi connectivity index (χ4v) is 1.95. The molecule has 0 radical (unpaired) electrons. The summed E-state index contributed by atoms with van der Waals surface area (Å²) < 4.78 is 10.7. The van der Waals surface area contributed by atoms with Gasteiger partial charge in [0.05, 0.1) is 6.26 Å². The summed E-state index contributed by atoms with van der Waals surface area (Å²) in [4.78, 5) is 11.7. The van der Waals surface area contributed by atoms with Crippen LogP contribution in [0.2, 0.25) is 0 Å². The predicted octanol–water partition coefficient (Wildman–Crippen LogP) is 3.02. The zero-order chi connectivity index (χ0) is 15.1. The van der Waals surface area contributed by atoms with E-state index in [9.17, 15) is 4.79 Å². The topological polar surface area (TPSA) is 51.5 Å². The van der Waals surface area contributed by atoms with Crippen molar-refractivity contribution >= 4 is 5.91 Å². The third kappa shape index (κ3) is 4.99. The summed E-state index contributed by atoms with van der Waals surface area (Å²) in [5.41, 5.74) is 2.37. The van der Waals surface area contributed by atoms with Gasteiger partial charge >= 0.3 is 0 Å². The zero-order valence-corrected chi connectivity index (χ0v) is 12.5. The van der Waals surface area contributed by atoms with Crippen LogP contribution in [0.5, 0.6) is 5.75 Å². The van der Waals surface area contributed by atoms with Gasteiger partial charge in [-0.15, -0.1) is 0 Å². The number of nitrogens with one attached hydrogen (secondary N) is 1. The molecular weight excluding hydrogens is 266 g/mol. The molecule has 4 nitrogen and oxygen atoms in total. The number of carbonyl (C=O) groups is 1. The van der Waals surface area contributed by atoms with Crippen LogP contribution in [-0.2, 0) is 11.2 Å². The van der Waals surface area contributed by atoms with Crippen molar-refractivity contribution in [3.8, 4) is 5.75 Å². The second-order valence-electron chi connectivity index (χ2n) is 5.07. The number of ether oxygens (including phenoxy) is 1. The highest BCUT2D eigenvalue weighted by atomic mass is 16.5. The van der Waals surface area contributed by atoms with Gasteiger partial charge in [0, 0.05) is 13.0 Å². The molecule has 0 saturated carbocycles. The van der Waals surface area contributed by atoms with Crippen LogP contribution in [0.15, 0.2) is 41.0 Å². The summed E-state index contributed by atoms with van der Waals surface area (Å²) in [6, 6.07) is 9.62. The van der Waals surface area contributed by atoms with Gasteiger partial charge in [-0.3, -0.25) is 4.79 Å². The normalized spacial score (nSPS) is 10.4. The standard InChI is InChI=1S/C17H21NO3/c1-13-7-8-16(11-14(13)2)21-12-17(19)18-9-3-5-15-6-4-10-20-15/h4,6-8,10-11H,3,5,9,12H2,1-2H3,(H,18,19). The molecule has 0 unspecified atom stereocenters. The van der Waals surface area contributed by atoms with E-state index in [1.807, 2.05) is 44.2 Å². The van der Waals surface area contributed by atoms with Crippen molar-refractivity contribution < 1.29 is 13.9 Å². The second kappa shape index (κ2) is 7.53. The fraction of sp³-hybridized carbons (Fsp3) is 0.353. The average molecular weight is 287 g/mol. The van der Waals surface area contributed by atoms with Gasteiger partial charge in [-0.1, -0.05) is 6.07 Å². The molecule has 0 atom stereocenters. The Morgan fingerprint density at radius 1 is 1.24 bits per heavy atom. The maximum absolute atomic E-state index is 11.7. The Hall–Kier alpha value is -2.23. The third-order valence-electron chi connectivity index (χ3n) is 3.35. The van der Waals surface area contributed by atoms with Crippen molar-refractivity contribution in [3.05, 3.63) is 53.5 Å². The zero-order valence-electron chi connectivity index (χ0n) is 12.5. The molecule has 1 heterocycles. The molecule has 0 aliphatic heterocycles. The lowest BCUT2D eigenvalue weighted by molar-refractivity contribution is -0.123. The number of rotatable bonds is 7. The van der Waals surface area contributed by atoms with E-state index in [1.54, 1.807) is 6.26 Å². The molecule has 0 bridgehead atoms. The van der Waals surface area contributed by atoms with Crippen molar-refractivity contribution in [1.29, 1.82) is 0 Å². The van der Waals surface area contributed by atoms with Gasteiger partial charge in [0.15, 0.2) is 6.61 Å². The molecule has 0 fully saturated rings. The van der Waals surface area contributed by atoms with Crippen molar-refractivity contribution in [1.82, 2.24) is 5.32 Å². The summed E-state index contributed by atoms with van der Waals surface area (Å²) in [6.45, 7) is 4.74. The maximum Gasteiger partial charge on any atom is 0.257 e. The number of hydrogen-bond acceptors (Lipinski definition) is 3. The molecule has 21 heavy (non-hydrogen) atoms. The summed E-state index contributed by atoms with van der Waals surface area (Å²) in [5.74, 6) is 1.56. The highest BCUT2D eigenvalue weighted by molar-refractivity contribution is 5.77. The first-order chi connectivity index (χ1) is 10.1. The van der Waals surface area contributed by atoms with Gasteiger partial charge in [0.2, 0.25) is 0 Å². The number of aryl methyl sites for hydroxylation is 3. The number of benzene rings is 1. The van der Waals surface area contributed by atoms with E-state index in [4.69, 9.17) is 9.15 Å².